The van der Waals surface area contributed by atoms with Crippen LogP contribution in [0.15, 0.2) is 30.3 Å². The fourth-order valence-corrected chi connectivity index (χ4v) is 2.28. The van der Waals surface area contributed by atoms with Gasteiger partial charge in [0.1, 0.15) is 17.9 Å². The van der Waals surface area contributed by atoms with E-state index in [0.717, 1.165) is 0 Å². The molecule has 0 bridgehead atoms. The second-order valence-corrected chi connectivity index (χ2v) is 5.42. The number of hydrogen-bond donors (Lipinski definition) is 1. The molecule has 2 N–H and O–H groups in total. The zero-order valence-corrected chi connectivity index (χ0v) is 14.7. The van der Waals surface area contributed by atoms with E-state index in [9.17, 15) is 13.6 Å². The lowest BCUT2D eigenvalue weighted by atomic mass is 10.1. The Morgan fingerprint density at radius 3 is 2.42 bits per heavy atom. The van der Waals surface area contributed by atoms with Crippen molar-refractivity contribution in [2.24, 2.45) is 0 Å². The van der Waals surface area contributed by atoms with Crippen LogP contribution in [-0.2, 0) is 11.3 Å². The lowest BCUT2D eigenvalue weighted by molar-refractivity contribution is -0.0512. The largest absolute Gasteiger partial charge is 0.496 e. The minimum Gasteiger partial charge on any atom is -0.496 e. The van der Waals surface area contributed by atoms with Crippen LogP contribution in [0.4, 0.5) is 14.5 Å². The Morgan fingerprint density at radius 1 is 1.12 bits per heavy atom. The first-order chi connectivity index (χ1) is 12.3. The molecule has 0 aliphatic rings. The summed E-state index contributed by atoms with van der Waals surface area (Å²) in [5, 5.41) is 0.188. The molecule has 2 rings (SSSR count). The molecule has 0 aliphatic heterocycles. The molecule has 0 radical (unpaired) electrons. The van der Waals surface area contributed by atoms with Crippen LogP contribution in [0.2, 0.25) is 5.02 Å². The Balaban J connectivity index is 2.13. The summed E-state index contributed by atoms with van der Waals surface area (Å²) in [6.07, 6.45) is 0. The lowest BCUT2D eigenvalue weighted by Gasteiger charge is -2.13. The average molecular weight is 388 g/mol. The number of esters is 1. The summed E-state index contributed by atoms with van der Waals surface area (Å²) in [5.41, 5.74) is 6.55. The maximum Gasteiger partial charge on any atom is 0.387 e. The SMILES string of the molecule is COc1cc(COC(=O)c2cc(Cl)c(N)cc2OC)ccc1OC(F)F. The van der Waals surface area contributed by atoms with E-state index in [1.54, 1.807) is 0 Å². The van der Waals surface area contributed by atoms with Gasteiger partial charge in [-0.05, 0) is 23.8 Å². The number of nitrogen functional groups attached to an aromatic ring is 1. The van der Waals surface area contributed by atoms with Crippen LogP contribution in [0.3, 0.4) is 0 Å². The highest BCUT2D eigenvalue weighted by Crippen LogP contribution is 2.31. The Bertz CT molecular complexity index is 801. The van der Waals surface area contributed by atoms with Crippen molar-refractivity contribution in [2.75, 3.05) is 20.0 Å². The van der Waals surface area contributed by atoms with Gasteiger partial charge in [-0.2, -0.15) is 8.78 Å². The van der Waals surface area contributed by atoms with E-state index < -0.39 is 12.6 Å². The molecule has 140 valence electrons. The van der Waals surface area contributed by atoms with Crippen molar-refractivity contribution >= 4 is 23.3 Å². The molecular formula is C17H16ClF2NO5. The molecule has 0 fully saturated rings. The molecule has 0 aromatic heterocycles. The molecule has 0 spiro atoms. The van der Waals surface area contributed by atoms with Crippen LogP contribution in [0.5, 0.6) is 17.2 Å². The molecular weight excluding hydrogens is 372 g/mol. The first-order valence-electron chi connectivity index (χ1n) is 7.27. The third-order valence-corrected chi connectivity index (χ3v) is 3.68. The van der Waals surface area contributed by atoms with Gasteiger partial charge in [-0.1, -0.05) is 17.7 Å². The Hall–Kier alpha value is -2.74. The van der Waals surface area contributed by atoms with Crippen LogP contribution in [0.1, 0.15) is 15.9 Å². The van der Waals surface area contributed by atoms with Gasteiger partial charge in [0.05, 0.1) is 24.9 Å². The van der Waals surface area contributed by atoms with Gasteiger partial charge < -0.3 is 24.7 Å². The highest BCUT2D eigenvalue weighted by Gasteiger charge is 2.17. The minimum absolute atomic E-state index is 0.0898. The molecule has 0 amide bonds. The van der Waals surface area contributed by atoms with Gasteiger partial charge in [0.15, 0.2) is 11.5 Å². The number of ether oxygens (including phenoxy) is 4. The van der Waals surface area contributed by atoms with E-state index in [1.165, 1.54) is 44.6 Å². The quantitative estimate of drug-likeness (QED) is 0.573. The predicted molar refractivity (Wildman–Crippen MR) is 91.2 cm³/mol. The summed E-state index contributed by atoms with van der Waals surface area (Å²) in [4.78, 5) is 12.3. The van der Waals surface area contributed by atoms with Crippen molar-refractivity contribution in [3.63, 3.8) is 0 Å². The smallest absolute Gasteiger partial charge is 0.387 e. The number of nitrogens with two attached hydrogens (primary N) is 1. The van der Waals surface area contributed by atoms with Crippen molar-refractivity contribution < 1.29 is 32.5 Å². The molecule has 0 aliphatic carbocycles. The van der Waals surface area contributed by atoms with E-state index in [2.05, 4.69) is 4.74 Å². The number of hydrogen-bond acceptors (Lipinski definition) is 6. The van der Waals surface area contributed by atoms with Gasteiger partial charge in [0.25, 0.3) is 0 Å². The molecule has 2 aromatic carbocycles. The molecule has 2 aromatic rings. The van der Waals surface area contributed by atoms with Crippen molar-refractivity contribution in [3.05, 3.63) is 46.5 Å². The zero-order chi connectivity index (χ0) is 19.3. The van der Waals surface area contributed by atoms with E-state index >= 15 is 0 Å². The summed E-state index contributed by atoms with van der Waals surface area (Å²) in [6, 6.07) is 6.96. The summed E-state index contributed by atoms with van der Waals surface area (Å²) < 4.78 is 44.3. The molecule has 9 heteroatoms. The number of methoxy groups -OCH3 is 2. The highest BCUT2D eigenvalue weighted by molar-refractivity contribution is 6.33. The molecule has 0 heterocycles. The van der Waals surface area contributed by atoms with Gasteiger partial charge in [-0.25, -0.2) is 4.79 Å². The normalized spacial score (nSPS) is 10.5. The number of alkyl halides is 2. The van der Waals surface area contributed by atoms with E-state index in [4.69, 9.17) is 31.5 Å². The molecule has 0 atom stereocenters. The van der Waals surface area contributed by atoms with Crippen molar-refractivity contribution in [3.8, 4) is 17.2 Å². The van der Waals surface area contributed by atoms with Crippen LogP contribution >= 0.6 is 11.6 Å². The summed E-state index contributed by atoms with van der Waals surface area (Å²) in [6.45, 7) is -3.11. The Labute approximate surface area is 153 Å². The maximum atomic E-state index is 12.3. The second-order valence-electron chi connectivity index (χ2n) is 5.01. The molecule has 0 saturated carbocycles. The van der Waals surface area contributed by atoms with Crippen LogP contribution in [0.25, 0.3) is 0 Å². The summed E-state index contributed by atoms with van der Waals surface area (Å²) in [7, 11) is 2.69. The third-order valence-electron chi connectivity index (χ3n) is 3.35. The number of halogens is 3. The number of carbonyl (C=O) groups is 1. The van der Waals surface area contributed by atoms with Crippen LogP contribution in [0, 0.1) is 0 Å². The fourth-order valence-electron chi connectivity index (χ4n) is 2.12. The van der Waals surface area contributed by atoms with Gasteiger partial charge in [-0.15, -0.1) is 0 Å². The minimum atomic E-state index is -2.98. The number of rotatable bonds is 7. The topological polar surface area (TPSA) is 80.0 Å². The highest BCUT2D eigenvalue weighted by atomic mass is 35.5. The van der Waals surface area contributed by atoms with Gasteiger partial charge >= 0.3 is 12.6 Å². The Morgan fingerprint density at radius 2 is 1.81 bits per heavy atom. The van der Waals surface area contributed by atoms with Gasteiger partial charge in [-0.3, -0.25) is 0 Å². The standard InChI is InChI=1S/C17H16ClF2NO5/c1-23-14-7-12(21)11(18)6-10(14)16(22)25-8-9-3-4-13(26-17(19)20)15(5-9)24-2/h3-7,17H,8,21H2,1-2H3. The predicted octanol–water partition coefficient (Wildman–Crippen LogP) is 3.90. The third kappa shape index (κ3) is 4.66. The van der Waals surface area contributed by atoms with E-state index in [0.29, 0.717) is 5.56 Å². The maximum absolute atomic E-state index is 12.3. The van der Waals surface area contributed by atoms with Gasteiger partial charge in [0.2, 0.25) is 0 Å². The van der Waals surface area contributed by atoms with Crippen molar-refractivity contribution in [1.29, 1.82) is 0 Å². The zero-order valence-electron chi connectivity index (χ0n) is 13.9. The van der Waals surface area contributed by atoms with Crippen molar-refractivity contribution in [2.45, 2.75) is 13.2 Å². The Kier molecular flexibility index (Phi) is 6.46. The average Bonchev–Trinajstić information content (AvgIpc) is 2.61. The first kappa shape index (κ1) is 19.6. The van der Waals surface area contributed by atoms with E-state index in [-0.39, 0.29) is 40.1 Å². The fraction of sp³-hybridized carbons (Fsp3) is 0.235. The second kappa shape index (κ2) is 8.57. The molecule has 26 heavy (non-hydrogen) atoms. The monoisotopic (exact) mass is 387 g/mol. The first-order valence-corrected chi connectivity index (χ1v) is 7.65. The molecule has 0 saturated heterocycles. The van der Waals surface area contributed by atoms with Crippen LogP contribution in [-0.4, -0.2) is 26.8 Å². The van der Waals surface area contributed by atoms with E-state index in [1.807, 2.05) is 0 Å². The molecule has 6 nitrogen and oxygen atoms in total. The van der Waals surface area contributed by atoms with Gasteiger partial charge in [0, 0.05) is 6.07 Å². The number of benzene rings is 2. The summed E-state index contributed by atoms with van der Waals surface area (Å²) >= 11 is 5.92. The summed E-state index contributed by atoms with van der Waals surface area (Å²) in [5.74, 6) is -0.498. The van der Waals surface area contributed by atoms with Crippen LogP contribution < -0.4 is 19.9 Å². The lowest BCUT2D eigenvalue weighted by Crippen LogP contribution is -2.08. The number of carbonyl (C=O) groups excluding carboxylic acids is 1. The number of anilines is 1. The van der Waals surface area contributed by atoms with Crippen molar-refractivity contribution in [1.82, 2.24) is 0 Å². The molecule has 0 unspecified atom stereocenters.